The molecule has 7 heteroatoms. The highest BCUT2D eigenvalue weighted by Crippen LogP contribution is 2.38. The third kappa shape index (κ3) is 3.90. The summed E-state index contributed by atoms with van der Waals surface area (Å²) in [7, 11) is 0. The van der Waals surface area contributed by atoms with Crippen LogP contribution in [-0.4, -0.2) is 47.4 Å². The van der Waals surface area contributed by atoms with Crippen molar-refractivity contribution in [2.45, 2.75) is 39.2 Å². The molecule has 2 aromatic rings. The Labute approximate surface area is 165 Å². The summed E-state index contributed by atoms with van der Waals surface area (Å²) in [5.74, 6) is 2.03. The summed E-state index contributed by atoms with van der Waals surface area (Å²) in [6.45, 7) is 10.7. The van der Waals surface area contributed by atoms with E-state index in [0.717, 1.165) is 43.1 Å². The van der Waals surface area contributed by atoms with Gasteiger partial charge < -0.3 is 10.1 Å². The Morgan fingerprint density at radius 2 is 2.21 bits per heavy atom. The van der Waals surface area contributed by atoms with E-state index in [1.54, 1.807) is 6.20 Å². The number of hydrogen-bond acceptors (Lipinski definition) is 6. The number of carbonyl (C=O) groups excluding carboxylic acids is 1. The average molecular weight is 384 g/mol. The van der Waals surface area contributed by atoms with Crippen LogP contribution in [0.15, 0.2) is 29.0 Å². The molecule has 1 N–H and O–H groups in total. The van der Waals surface area contributed by atoms with Crippen LogP contribution in [0.2, 0.25) is 0 Å². The van der Waals surface area contributed by atoms with Crippen LogP contribution in [0.1, 0.15) is 48.8 Å². The molecule has 7 nitrogen and oxygen atoms in total. The van der Waals surface area contributed by atoms with Crippen molar-refractivity contribution in [1.82, 2.24) is 20.5 Å². The summed E-state index contributed by atoms with van der Waals surface area (Å²) < 4.78 is 10.4. The predicted octanol–water partition coefficient (Wildman–Crippen LogP) is 2.63. The van der Waals surface area contributed by atoms with Gasteiger partial charge in [0.25, 0.3) is 5.91 Å². The maximum absolute atomic E-state index is 12.6. The quantitative estimate of drug-likeness (QED) is 0.825. The first-order valence-electron chi connectivity index (χ1n) is 9.97. The van der Waals surface area contributed by atoms with Crippen LogP contribution >= 0.6 is 0 Å². The fourth-order valence-corrected chi connectivity index (χ4v) is 4.27. The molecule has 1 saturated heterocycles. The zero-order valence-corrected chi connectivity index (χ0v) is 16.8. The maximum Gasteiger partial charge on any atom is 0.251 e. The number of hydrogen-bond donors (Lipinski definition) is 1. The minimum atomic E-state index is -0.0479. The first kappa shape index (κ1) is 18.9. The van der Waals surface area contributed by atoms with Crippen molar-refractivity contribution >= 4 is 5.91 Å². The molecule has 0 unspecified atom stereocenters. The minimum Gasteiger partial charge on any atom is -0.492 e. The highest BCUT2D eigenvalue weighted by atomic mass is 16.6. The molecule has 1 fully saturated rings. The molecule has 0 aliphatic carbocycles. The Morgan fingerprint density at radius 1 is 1.36 bits per heavy atom. The summed E-state index contributed by atoms with van der Waals surface area (Å²) in [6.07, 6.45) is 2.64. The van der Waals surface area contributed by atoms with E-state index in [1.165, 1.54) is 0 Å². The number of ether oxygens (including phenoxy) is 1. The van der Waals surface area contributed by atoms with E-state index in [2.05, 4.69) is 45.9 Å². The van der Waals surface area contributed by atoms with Gasteiger partial charge in [-0.15, -0.1) is 0 Å². The fourth-order valence-electron chi connectivity index (χ4n) is 4.27. The van der Waals surface area contributed by atoms with Crippen molar-refractivity contribution in [1.29, 1.82) is 0 Å². The number of aromatic nitrogens is 2. The molecular weight excluding hydrogens is 356 g/mol. The lowest BCUT2D eigenvalue weighted by molar-refractivity contribution is 0.0950. The Balaban J connectivity index is 1.28. The average Bonchev–Trinajstić information content (AvgIpc) is 3.36. The number of nitrogens with zero attached hydrogens (tertiary/aromatic N) is 3. The van der Waals surface area contributed by atoms with Gasteiger partial charge >= 0.3 is 0 Å². The van der Waals surface area contributed by atoms with Crippen LogP contribution in [0.4, 0.5) is 0 Å². The van der Waals surface area contributed by atoms with Crippen molar-refractivity contribution in [3.05, 3.63) is 41.2 Å². The van der Waals surface area contributed by atoms with E-state index in [9.17, 15) is 4.79 Å². The molecule has 2 aliphatic rings. The summed E-state index contributed by atoms with van der Waals surface area (Å²) >= 11 is 0. The van der Waals surface area contributed by atoms with Gasteiger partial charge in [0.2, 0.25) is 0 Å². The van der Waals surface area contributed by atoms with Crippen LogP contribution in [-0.2, 0) is 12.0 Å². The highest BCUT2D eigenvalue weighted by molar-refractivity contribution is 5.94. The lowest BCUT2D eigenvalue weighted by Crippen LogP contribution is -2.28. The SMILES string of the molecule is C[C@@H]1CN(Cc2cnon2)C[C@H]1CCNC(=O)c1ccc2c(c1)C(C)(C)CO2. The zero-order chi connectivity index (χ0) is 19.7. The predicted molar refractivity (Wildman–Crippen MR) is 104 cm³/mol. The highest BCUT2D eigenvalue weighted by Gasteiger charge is 2.32. The molecule has 1 aromatic heterocycles. The van der Waals surface area contributed by atoms with Gasteiger partial charge in [-0.25, -0.2) is 4.63 Å². The molecule has 1 aromatic carbocycles. The van der Waals surface area contributed by atoms with Gasteiger partial charge in [0.15, 0.2) is 0 Å². The number of rotatable bonds is 6. The van der Waals surface area contributed by atoms with Crippen molar-refractivity contribution in [2.75, 3.05) is 26.2 Å². The van der Waals surface area contributed by atoms with E-state index in [0.29, 0.717) is 30.6 Å². The Bertz CT molecular complexity index is 834. The third-order valence-electron chi connectivity index (χ3n) is 6.00. The molecule has 0 spiro atoms. The monoisotopic (exact) mass is 384 g/mol. The van der Waals surface area contributed by atoms with Gasteiger partial charge in [-0.05, 0) is 36.5 Å². The summed E-state index contributed by atoms with van der Waals surface area (Å²) in [4.78, 5) is 15.0. The second-order valence-electron chi connectivity index (χ2n) is 8.76. The lowest BCUT2D eigenvalue weighted by atomic mass is 9.86. The molecule has 4 rings (SSSR count). The van der Waals surface area contributed by atoms with Gasteiger partial charge in [-0.1, -0.05) is 31.1 Å². The molecule has 0 saturated carbocycles. The number of nitrogens with one attached hydrogen (secondary N) is 1. The van der Waals surface area contributed by atoms with Crippen molar-refractivity contribution in [2.24, 2.45) is 11.8 Å². The summed E-state index contributed by atoms with van der Waals surface area (Å²) in [6, 6.07) is 5.74. The lowest BCUT2D eigenvalue weighted by Gasteiger charge is -2.17. The molecule has 1 amide bonds. The standard InChI is InChI=1S/C21H28N4O3/c1-14-10-25(12-17-9-23-28-24-17)11-16(14)6-7-22-20(26)15-4-5-19-18(8-15)21(2,3)13-27-19/h4-5,8-9,14,16H,6-7,10-13H2,1-3H3,(H,22,26)/t14-,16-/m1/s1. The molecule has 3 heterocycles. The molecular formula is C21H28N4O3. The van der Waals surface area contributed by atoms with Gasteiger partial charge in [-0.2, -0.15) is 0 Å². The summed E-state index contributed by atoms with van der Waals surface area (Å²) in [5.41, 5.74) is 2.64. The Kier molecular flexibility index (Phi) is 5.10. The Hall–Kier alpha value is -2.41. The topological polar surface area (TPSA) is 80.5 Å². The first-order chi connectivity index (χ1) is 13.4. The molecule has 2 aliphatic heterocycles. The third-order valence-corrected chi connectivity index (χ3v) is 6.00. The normalized spacial score (nSPS) is 23.4. The molecule has 28 heavy (non-hydrogen) atoms. The smallest absolute Gasteiger partial charge is 0.251 e. The van der Waals surface area contributed by atoms with E-state index in [-0.39, 0.29) is 11.3 Å². The fraction of sp³-hybridized carbons (Fsp3) is 0.571. The molecule has 150 valence electrons. The van der Waals surface area contributed by atoms with E-state index in [1.807, 2.05) is 18.2 Å². The minimum absolute atomic E-state index is 0.0123. The van der Waals surface area contributed by atoms with Crippen molar-refractivity contribution < 1.29 is 14.2 Å². The van der Waals surface area contributed by atoms with Crippen molar-refractivity contribution in [3.63, 3.8) is 0 Å². The van der Waals surface area contributed by atoms with Crippen molar-refractivity contribution in [3.8, 4) is 5.75 Å². The number of benzene rings is 1. The second kappa shape index (κ2) is 7.54. The summed E-state index contributed by atoms with van der Waals surface area (Å²) in [5, 5.41) is 10.6. The maximum atomic E-state index is 12.6. The van der Waals surface area contributed by atoms with Gasteiger partial charge in [0.05, 0.1) is 12.8 Å². The molecule has 0 radical (unpaired) electrons. The van der Waals surface area contributed by atoms with Gasteiger partial charge in [-0.3, -0.25) is 9.69 Å². The number of likely N-dealkylation sites (tertiary alicyclic amines) is 1. The number of carbonyl (C=O) groups is 1. The largest absolute Gasteiger partial charge is 0.492 e. The van der Waals surface area contributed by atoms with Crippen LogP contribution in [0.5, 0.6) is 5.75 Å². The molecule has 0 bridgehead atoms. The number of fused-ring (bicyclic) bond motifs is 1. The molecule has 2 atom stereocenters. The van der Waals surface area contributed by atoms with E-state index in [4.69, 9.17) is 4.74 Å². The van der Waals surface area contributed by atoms with Crippen LogP contribution < -0.4 is 10.1 Å². The van der Waals surface area contributed by atoms with Crippen LogP contribution in [0.3, 0.4) is 0 Å². The van der Waals surface area contributed by atoms with Gasteiger partial charge in [0, 0.05) is 42.7 Å². The zero-order valence-electron chi connectivity index (χ0n) is 16.8. The number of amides is 1. The second-order valence-corrected chi connectivity index (χ2v) is 8.76. The Morgan fingerprint density at radius 3 is 3.00 bits per heavy atom. The van der Waals surface area contributed by atoms with Gasteiger partial charge in [0.1, 0.15) is 11.4 Å². The first-order valence-corrected chi connectivity index (χ1v) is 9.97. The van der Waals surface area contributed by atoms with E-state index >= 15 is 0 Å². The van der Waals surface area contributed by atoms with E-state index < -0.39 is 0 Å². The van der Waals surface area contributed by atoms with Crippen LogP contribution in [0, 0.1) is 11.8 Å². The van der Waals surface area contributed by atoms with Crippen LogP contribution in [0.25, 0.3) is 0 Å².